The number of carbonyl (C=O) groups is 1. The smallest absolute Gasteiger partial charge is 0.282 e. The van der Waals surface area contributed by atoms with Crippen LogP contribution in [0.25, 0.3) is 11.0 Å². The van der Waals surface area contributed by atoms with Crippen LogP contribution in [0.3, 0.4) is 0 Å². The van der Waals surface area contributed by atoms with Crippen molar-refractivity contribution < 1.29 is 4.79 Å². The first-order chi connectivity index (χ1) is 7.67. The highest BCUT2D eigenvalue weighted by atomic mass is 32.2. The number of hydrazine groups is 1. The van der Waals surface area contributed by atoms with Crippen LogP contribution in [0, 0.1) is 0 Å². The molecule has 0 aliphatic heterocycles. The van der Waals surface area contributed by atoms with Crippen molar-refractivity contribution in [3.63, 3.8) is 0 Å². The molecule has 0 aliphatic rings. The van der Waals surface area contributed by atoms with Gasteiger partial charge in [0.25, 0.3) is 5.91 Å². The lowest BCUT2D eigenvalue weighted by Crippen LogP contribution is -2.30. The molecule has 3 N–H and O–H groups in total. The van der Waals surface area contributed by atoms with E-state index >= 15 is 0 Å². The molecule has 0 fully saturated rings. The van der Waals surface area contributed by atoms with Crippen LogP contribution in [0.15, 0.2) is 17.4 Å². The van der Waals surface area contributed by atoms with Gasteiger partial charge in [0.15, 0.2) is 5.16 Å². The number of fused-ring (bicyclic) bond motifs is 1. The number of hydrogen-bond donors (Lipinski definition) is 2. The second kappa shape index (κ2) is 4.37. The molecule has 8 heteroatoms. The van der Waals surface area contributed by atoms with Gasteiger partial charge in [-0.2, -0.15) is 0 Å². The molecule has 0 radical (unpaired) electrons. The molecule has 0 saturated carbocycles. The van der Waals surface area contributed by atoms with Crippen LogP contribution in [0.2, 0.25) is 0 Å². The van der Waals surface area contributed by atoms with Gasteiger partial charge in [0.1, 0.15) is 11.3 Å². The molecule has 2 aromatic heterocycles. The van der Waals surface area contributed by atoms with Crippen molar-refractivity contribution in [2.75, 3.05) is 6.26 Å². The lowest BCUT2D eigenvalue weighted by molar-refractivity contribution is 0.0948. The third-order valence-electron chi connectivity index (χ3n) is 2.10. The summed E-state index contributed by atoms with van der Waals surface area (Å²) in [5.41, 5.74) is 3.19. The van der Waals surface area contributed by atoms with Crippen molar-refractivity contribution >= 4 is 38.1 Å². The van der Waals surface area contributed by atoms with E-state index in [0.29, 0.717) is 16.5 Å². The Hall–Kier alpha value is -1.17. The average Bonchev–Trinajstić information content (AvgIpc) is 2.65. The minimum Gasteiger partial charge on any atom is -0.305 e. The number of thioether (sulfide) groups is 1. The zero-order valence-electron chi connectivity index (χ0n) is 8.47. The largest absolute Gasteiger partial charge is 0.305 e. The van der Waals surface area contributed by atoms with E-state index in [0.717, 1.165) is 5.39 Å². The lowest BCUT2D eigenvalue weighted by atomic mass is 10.3. The van der Waals surface area contributed by atoms with Gasteiger partial charge in [-0.1, -0.05) is 11.8 Å². The monoisotopic (exact) mass is 255 g/mol. The average molecular weight is 255 g/mol. The van der Waals surface area contributed by atoms with Crippen LogP contribution >= 0.6 is 21.2 Å². The van der Waals surface area contributed by atoms with E-state index in [1.54, 1.807) is 16.6 Å². The highest BCUT2D eigenvalue weighted by Gasteiger charge is 2.13. The molecule has 2 heterocycles. The summed E-state index contributed by atoms with van der Waals surface area (Å²) in [7, 11) is 2.43. The second-order valence-electron chi connectivity index (χ2n) is 3.01. The fraction of sp³-hybridized carbons (Fsp3) is 0.125. The maximum absolute atomic E-state index is 11.4. The van der Waals surface area contributed by atoms with Crippen LogP contribution in [-0.4, -0.2) is 26.5 Å². The Balaban J connectivity index is 2.64. The minimum absolute atomic E-state index is 0.362. The number of carbonyl (C=O) groups excluding carboxylic acids is 1. The molecule has 0 aliphatic carbocycles. The molecule has 0 saturated heterocycles. The van der Waals surface area contributed by atoms with Gasteiger partial charge in [-0.05, 0) is 21.7 Å². The molecule has 0 bridgehead atoms. The number of nitrogens with two attached hydrogens (primary N) is 1. The summed E-state index contributed by atoms with van der Waals surface area (Å²) in [5.74, 6) is 4.73. The zero-order valence-corrected chi connectivity index (χ0v) is 10.4. The summed E-state index contributed by atoms with van der Waals surface area (Å²) in [6.45, 7) is 0. The van der Waals surface area contributed by atoms with Crippen LogP contribution in [0.5, 0.6) is 0 Å². The van der Waals surface area contributed by atoms with Gasteiger partial charge < -0.3 is 4.34 Å². The number of hydrogen-bond acceptors (Lipinski definition) is 5. The van der Waals surface area contributed by atoms with Gasteiger partial charge >= 0.3 is 0 Å². The molecule has 0 aromatic carbocycles. The Morgan fingerprint density at radius 1 is 1.69 bits per heavy atom. The van der Waals surface area contributed by atoms with Crippen molar-refractivity contribution in [3.05, 3.63) is 18.0 Å². The van der Waals surface area contributed by atoms with Gasteiger partial charge in [-0.25, -0.2) is 15.8 Å². The second-order valence-corrected chi connectivity index (χ2v) is 4.30. The molecule has 1 atom stereocenters. The van der Waals surface area contributed by atoms with E-state index in [4.69, 9.17) is 5.84 Å². The lowest BCUT2D eigenvalue weighted by Gasteiger charge is -2.01. The van der Waals surface area contributed by atoms with Crippen LogP contribution in [0.1, 0.15) is 10.5 Å². The molecule has 2 rings (SSSR count). The SMILES string of the molecule is CSc1ncc2cc(C(=O)NN)n(P)c2n1. The number of rotatable bonds is 2. The van der Waals surface area contributed by atoms with Crippen molar-refractivity contribution in [1.82, 2.24) is 19.7 Å². The fourth-order valence-electron chi connectivity index (χ4n) is 1.34. The van der Waals surface area contributed by atoms with Gasteiger partial charge in [0.05, 0.1) is 0 Å². The summed E-state index contributed by atoms with van der Waals surface area (Å²) in [5, 5.41) is 1.46. The van der Waals surface area contributed by atoms with Crippen molar-refractivity contribution in [2.45, 2.75) is 5.16 Å². The minimum atomic E-state index is -0.362. The number of nitrogens with one attached hydrogen (secondary N) is 1. The first-order valence-corrected chi connectivity index (χ1v) is 6.10. The third-order valence-corrected chi connectivity index (χ3v) is 3.18. The molecule has 6 nitrogen and oxygen atoms in total. The highest BCUT2D eigenvalue weighted by molar-refractivity contribution is 7.98. The number of aromatic nitrogens is 3. The van der Waals surface area contributed by atoms with E-state index in [2.05, 4.69) is 24.8 Å². The van der Waals surface area contributed by atoms with E-state index in [9.17, 15) is 4.79 Å². The van der Waals surface area contributed by atoms with Crippen LogP contribution < -0.4 is 11.3 Å². The molecular formula is C8H10N5OPS. The predicted molar refractivity (Wildman–Crippen MR) is 66.1 cm³/mol. The summed E-state index contributed by atoms with van der Waals surface area (Å²) >= 11 is 1.45. The highest BCUT2D eigenvalue weighted by Crippen LogP contribution is 2.21. The van der Waals surface area contributed by atoms with Crippen LogP contribution in [0.4, 0.5) is 0 Å². The van der Waals surface area contributed by atoms with E-state index in [-0.39, 0.29) is 5.91 Å². The third kappa shape index (κ3) is 1.77. The standard InChI is InChI=1S/C8H10N5OPS/c1-16-8-10-3-4-2-5(7(14)12-9)13(15)6(4)11-8/h2-3H,9,15H2,1H3,(H,12,14). The normalized spacial score (nSPS) is 10.7. The first-order valence-electron chi connectivity index (χ1n) is 4.36. The quantitative estimate of drug-likeness (QED) is 0.202. The zero-order chi connectivity index (χ0) is 11.7. The predicted octanol–water partition coefficient (Wildman–Crippen LogP) is 0.395. The Kier molecular flexibility index (Phi) is 3.09. The summed E-state index contributed by atoms with van der Waals surface area (Å²) in [4.78, 5) is 19.9. The summed E-state index contributed by atoms with van der Waals surface area (Å²) < 4.78 is 1.61. The van der Waals surface area contributed by atoms with E-state index < -0.39 is 0 Å². The number of amides is 1. The molecule has 2 aromatic rings. The maximum atomic E-state index is 11.4. The van der Waals surface area contributed by atoms with Crippen molar-refractivity contribution in [2.24, 2.45) is 5.84 Å². The fourth-order valence-corrected chi connectivity index (χ4v) is 2.07. The molecular weight excluding hydrogens is 245 g/mol. The van der Waals surface area contributed by atoms with Crippen molar-refractivity contribution in [3.8, 4) is 0 Å². The summed E-state index contributed by atoms with van der Waals surface area (Å²) in [6.07, 6.45) is 3.58. The Bertz CT molecular complexity index is 555. The maximum Gasteiger partial charge on any atom is 0.282 e. The Labute approximate surface area is 98.2 Å². The topological polar surface area (TPSA) is 85.8 Å². The molecule has 16 heavy (non-hydrogen) atoms. The summed E-state index contributed by atoms with van der Waals surface area (Å²) in [6, 6.07) is 1.69. The van der Waals surface area contributed by atoms with Crippen LogP contribution in [-0.2, 0) is 0 Å². The Morgan fingerprint density at radius 3 is 3.06 bits per heavy atom. The van der Waals surface area contributed by atoms with Gasteiger partial charge in [-0.15, -0.1) is 0 Å². The van der Waals surface area contributed by atoms with Crippen molar-refractivity contribution in [1.29, 1.82) is 0 Å². The first kappa shape index (κ1) is 11.3. The molecule has 0 spiro atoms. The van der Waals surface area contributed by atoms with Gasteiger partial charge in [-0.3, -0.25) is 10.2 Å². The van der Waals surface area contributed by atoms with E-state index in [1.807, 2.05) is 6.26 Å². The number of nitrogen functional groups attached to an aromatic ring is 1. The molecule has 1 unspecified atom stereocenters. The van der Waals surface area contributed by atoms with Gasteiger partial charge in [0.2, 0.25) is 0 Å². The number of nitrogens with zero attached hydrogens (tertiary/aromatic N) is 3. The Morgan fingerprint density at radius 2 is 2.44 bits per heavy atom. The molecule has 84 valence electrons. The molecule has 1 amide bonds. The van der Waals surface area contributed by atoms with E-state index in [1.165, 1.54) is 11.8 Å². The van der Waals surface area contributed by atoms with Gasteiger partial charge in [0, 0.05) is 11.6 Å².